The van der Waals surface area contributed by atoms with Crippen molar-refractivity contribution in [3.63, 3.8) is 0 Å². The normalized spacial score (nSPS) is 14.9. The molecule has 1 aliphatic heterocycles. The Morgan fingerprint density at radius 3 is 2.17 bits per heavy atom. The number of carbonyl (C=O) groups excluding carboxylic acids is 3. The molecule has 3 aromatic carbocycles. The van der Waals surface area contributed by atoms with Crippen molar-refractivity contribution in [1.29, 1.82) is 0 Å². The molecule has 0 bridgehead atoms. The minimum absolute atomic E-state index is 0.0459. The van der Waals surface area contributed by atoms with Crippen LogP contribution < -0.4 is 15.0 Å². The van der Waals surface area contributed by atoms with Crippen molar-refractivity contribution in [2.45, 2.75) is 6.61 Å². The largest absolute Gasteiger partial charge is 0.508 e. The molecule has 1 fully saturated rings. The first kappa shape index (κ1) is 24.9. The third-order valence-corrected chi connectivity index (χ3v) is 6.08. The van der Waals surface area contributed by atoms with E-state index in [1.54, 1.807) is 18.2 Å². The van der Waals surface area contributed by atoms with Crippen molar-refractivity contribution in [2.75, 3.05) is 4.90 Å². The number of amides is 4. The predicted molar refractivity (Wildman–Crippen MR) is 134 cm³/mol. The number of halogens is 4. The Balaban J connectivity index is 1.60. The number of rotatable bonds is 5. The fourth-order valence-corrected chi connectivity index (χ4v) is 4.33. The monoisotopic (exact) mass is 550 g/mol. The van der Waals surface area contributed by atoms with Gasteiger partial charge in [-0.15, -0.1) is 0 Å². The van der Waals surface area contributed by atoms with Crippen LogP contribution in [0.2, 0.25) is 20.1 Å². The number of carbonyl (C=O) groups is 3. The zero-order valence-electron chi connectivity index (χ0n) is 17.5. The maximum atomic E-state index is 13.0. The average molecular weight is 552 g/mol. The zero-order valence-corrected chi connectivity index (χ0v) is 20.5. The van der Waals surface area contributed by atoms with Gasteiger partial charge in [0.05, 0.1) is 15.7 Å². The summed E-state index contributed by atoms with van der Waals surface area (Å²) in [5, 5.41) is 12.7. The first-order valence-corrected chi connectivity index (χ1v) is 11.4. The number of barbiturate groups is 1. The van der Waals surface area contributed by atoms with Gasteiger partial charge >= 0.3 is 6.03 Å². The van der Waals surface area contributed by atoms with Gasteiger partial charge in [-0.1, -0.05) is 52.5 Å². The standard InChI is InChI=1S/C24H14Cl4N2O5/c25-14-2-1-13(18(26)10-14)11-35-21-19(27)8-12(9-20(21)28)7-17-22(32)29-24(34)30(23(17)33)15-3-5-16(31)6-4-15/h1-10,31H,11H2,(H,29,32,34)/b17-7+. The summed E-state index contributed by atoms with van der Waals surface area (Å²) in [5.74, 6) is -1.59. The number of anilines is 1. The molecule has 0 radical (unpaired) electrons. The van der Waals surface area contributed by atoms with Crippen molar-refractivity contribution >= 4 is 76.0 Å². The molecule has 0 unspecified atom stereocenters. The van der Waals surface area contributed by atoms with Crippen LogP contribution in [0.25, 0.3) is 6.08 Å². The van der Waals surface area contributed by atoms with Gasteiger partial charge in [0, 0.05) is 15.6 Å². The second-order valence-corrected chi connectivity index (χ2v) is 8.97. The molecule has 35 heavy (non-hydrogen) atoms. The van der Waals surface area contributed by atoms with Crippen molar-refractivity contribution in [3.8, 4) is 11.5 Å². The summed E-state index contributed by atoms with van der Waals surface area (Å²) >= 11 is 24.8. The summed E-state index contributed by atoms with van der Waals surface area (Å²) in [6, 6.07) is 12.3. The van der Waals surface area contributed by atoms with E-state index in [1.165, 1.54) is 42.5 Å². The molecule has 178 valence electrons. The Bertz CT molecular complexity index is 1370. The summed E-state index contributed by atoms with van der Waals surface area (Å²) < 4.78 is 5.73. The van der Waals surface area contributed by atoms with Crippen LogP contribution in [0.15, 0.2) is 60.2 Å². The van der Waals surface area contributed by atoms with E-state index in [9.17, 15) is 19.5 Å². The molecule has 3 aromatic rings. The summed E-state index contributed by atoms with van der Waals surface area (Å²) in [7, 11) is 0. The number of urea groups is 1. The molecule has 0 saturated carbocycles. The number of hydrogen-bond acceptors (Lipinski definition) is 5. The minimum Gasteiger partial charge on any atom is -0.508 e. The first-order valence-electron chi connectivity index (χ1n) is 9.90. The molecule has 0 spiro atoms. The van der Waals surface area contributed by atoms with Gasteiger partial charge in [-0.05, 0) is 60.2 Å². The van der Waals surface area contributed by atoms with E-state index >= 15 is 0 Å². The lowest BCUT2D eigenvalue weighted by Gasteiger charge is -2.26. The van der Waals surface area contributed by atoms with E-state index in [2.05, 4.69) is 5.32 Å². The van der Waals surface area contributed by atoms with Crippen LogP contribution in [0.4, 0.5) is 10.5 Å². The summed E-state index contributed by atoms with van der Waals surface area (Å²) in [6.45, 7) is 0.0699. The summed E-state index contributed by atoms with van der Waals surface area (Å²) in [4.78, 5) is 38.5. The van der Waals surface area contributed by atoms with Gasteiger partial charge in [0.25, 0.3) is 11.8 Å². The fourth-order valence-electron chi connectivity index (χ4n) is 3.25. The lowest BCUT2D eigenvalue weighted by molar-refractivity contribution is -0.122. The van der Waals surface area contributed by atoms with Gasteiger partial charge in [0.15, 0.2) is 5.75 Å². The third kappa shape index (κ3) is 5.39. The Morgan fingerprint density at radius 2 is 1.54 bits per heavy atom. The lowest BCUT2D eigenvalue weighted by Crippen LogP contribution is -2.54. The Kier molecular flexibility index (Phi) is 7.23. The number of aromatic hydroxyl groups is 1. The molecule has 0 aliphatic carbocycles. The van der Waals surface area contributed by atoms with Crippen LogP contribution in [0.5, 0.6) is 11.5 Å². The van der Waals surface area contributed by atoms with E-state index in [0.29, 0.717) is 21.2 Å². The lowest BCUT2D eigenvalue weighted by atomic mass is 10.1. The number of phenolic OH excluding ortho intramolecular Hbond substituents is 1. The summed E-state index contributed by atoms with van der Waals surface area (Å²) in [6.07, 6.45) is 1.26. The first-order chi connectivity index (χ1) is 16.6. The molecule has 11 heteroatoms. The highest BCUT2D eigenvalue weighted by molar-refractivity contribution is 6.40. The molecular weight excluding hydrogens is 538 g/mol. The predicted octanol–water partition coefficient (Wildman–Crippen LogP) is 6.25. The molecule has 1 saturated heterocycles. The van der Waals surface area contributed by atoms with Crippen molar-refractivity contribution in [2.24, 2.45) is 0 Å². The molecule has 1 heterocycles. The Morgan fingerprint density at radius 1 is 0.886 bits per heavy atom. The smallest absolute Gasteiger partial charge is 0.335 e. The molecule has 4 rings (SSSR count). The molecule has 2 N–H and O–H groups in total. The second-order valence-electron chi connectivity index (χ2n) is 7.31. The molecular formula is C24H14Cl4N2O5. The van der Waals surface area contributed by atoms with Gasteiger partial charge in [-0.2, -0.15) is 0 Å². The quantitative estimate of drug-likeness (QED) is 0.288. The van der Waals surface area contributed by atoms with Gasteiger partial charge < -0.3 is 9.84 Å². The molecule has 1 aliphatic rings. The highest BCUT2D eigenvalue weighted by Crippen LogP contribution is 2.36. The van der Waals surface area contributed by atoms with Crippen LogP contribution in [0.1, 0.15) is 11.1 Å². The number of nitrogens with one attached hydrogen (secondary N) is 1. The van der Waals surface area contributed by atoms with Crippen molar-refractivity contribution in [1.82, 2.24) is 5.32 Å². The maximum absolute atomic E-state index is 13.0. The topological polar surface area (TPSA) is 95.9 Å². The fraction of sp³-hybridized carbons (Fsp3) is 0.0417. The van der Waals surface area contributed by atoms with Gasteiger partial charge in [0.1, 0.15) is 17.9 Å². The van der Waals surface area contributed by atoms with Crippen molar-refractivity contribution in [3.05, 3.63) is 91.4 Å². The van der Waals surface area contributed by atoms with Crippen LogP contribution >= 0.6 is 46.4 Å². The number of ether oxygens (including phenoxy) is 1. The van der Waals surface area contributed by atoms with E-state index in [0.717, 1.165) is 4.90 Å². The third-order valence-electron chi connectivity index (χ3n) is 4.93. The molecule has 0 atom stereocenters. The van der Waals surface area contributed by atoms with Crippen molar-refractivity contribution < 1.29 is 24.2 Å². The number of hydrogen-bond donors (Lipinski definition) is 2. The highest BCUT2D eigenvalue weighted by Gasteiger charge is 2.36. The Hall–Kier alpha value is -3.23. The number of phenols is 1. The van der Waals surface area contributed by atoms with Crippen LogP contribution in [0, 0.1) is 0 Å². The van der Waals surface area contributed by atoms with Gasteiger partial charge in [-0.3, -0.25) is 14.9 Å². The van der Waals surface area contributed by atoms with Crippen LogP contribution in [-0.4, -0.2) is 23.0 Å². The molecule has 0 aromatic heterocycles. The van der Waals surface area contributed by atoms with E-state index in [1.807, 2.05) is 0 Å². The molecule has 4 amide bonds. The minimum atomic E-state index is -0.913. The number of benzene rings is 3. The van der Waals surface area contributed by atoms with E-state index in [-0.39, 0.29) is 39.4 Å². The maximum Gasteiger partial charge on any atom is 0.335 e. The Labute approximate surface area is 219 Å². The van der Waals surface area contributed by atoms with E-state index in [4.69, 9.17) is 51.1 Å². The van der Waals surface area contributed by atoms with Crippen LogP contribution in [-0.2, 0) is 16.2 Å². The van der Waals surface area contributed by atoms with Gasteiger partial charge in [0.2, 0.25) is 0 Å². The highest BCUT2D eigenvalue weighted by atomic mass is 35.5. The van der Waals surface area contributed by atoms with Gasteiger partial charge in [-0.25, -0.2) is 9.69 Å². The number of nitrogens with zero attached hydrogens (tertiary/aromatic N) is 1. The SMILES string of the molecule is O=C1NC(=O)N(c2ccc(O)cc2)C(=O)/C1=C/c1cc(Cl)c(OCc2ccc(Cl)cc2Cl)c(Cl)c1. The summed E-state index contributed by atoms with van der Waals surface area (Å²) in [5.41, 5.74) is 0.851. The zero-order chi connectivity index (χ0) is 25.3. The second kappa shape index (κ2) is 10.2. The number of imide groups is 2. The van der Waals surface area contributed by atoms with E-state index < -0.39 is 17.8 Å². The average Bonchev–Trinajstić information content (AvgIpc) is 2.78. The molecule has 7 nitrogen and oxygen atoms in total. The van der Waals surface area contributed by atoms with Crippen LogP contribution in [0.3, 0.4) is 0 Å².